The zero-order valence-electron chi connectivity index (χ0n) is 18.2. The van der Waals surface area contributed by atoms with Crippen molar-refractivity contribution in [1.29, 1.82) is 0 Å². The molecule has 0 saturated carbocycles. The van der Waals surface area contributed by atoms with Crippen molar-refractivity contribution >= 4 is 17.5 Å². The van der Waals surface area contributed by atoms with Crippen LogP contribution in [0.15, 0.2) is 24.3 Å². The van der Waals surface area contributed by atoms with Gasteiger partial charge in [-0.2, -0.15) is 0 Å². The Balaban J connectivity index is 1.40. The van der Waals surface area contributed by atoms with E-state index in [1.165, 1.54) is 0 Å². The summed E-state index contributed by atoms with van der Waals surface area (Å²) in [5, 5.41) is 16.3. The van der Waals surface area contributed by atoms with Crippen LogP contribution < -0.4 is 10.6 Å². The van der Waals surface area contributed by atoms with Crippen LogP contribution in [0.3, 0.4) is 0 Å². The normalized spacial score (nSPS) is 20.6. The summed E-state index contributed by atoms with van der Waals surface area (Å²) >= 11 is 0. The molecule has 2 aliphatic heterocycles. The number of anilines is 1. The molecule has 1 aromatic rings. The molecule has 0 unspecified atom stereocenters. The monoisotopic (exact) mass is 417 g/mol. The Morgan fingerprint density at radius 3 is 2.20 bits per heavy atom. The SMILES string of the molecule is CN1CCN(CCC(=O)Nc2ccc(C(=O)NCC3(O)CCN(C)CC3)cc2)CC1. The molecular formula is C22H35N5O3. The first kappa shape index (κ1) is 22.7. The van der Waals surface area contributed by atoms with Gasteiger partial charge in [0.25, 0.3) is 5.91 Å². The van der Waals surface area contributed by atoms with Crippen molar-refractivity contribution in [3.05, 3.63) is 29.8 Å². The largest absolute Gasteiger partial charge is 0.388 e. The molecule has 0 bridgehead atoms. The third-order valence-electron chi connectivity index (χ3n) is 6.18. The quantitative estimate of drug-likeness (QED) is 0.597. The molecule has 2 saturated heterocycles. The van der Waals surface area contributed by atoms with Crippen LogP contribution in [-0.4, -0.2) is 104 Å². The summed E-state index contributed by atoms with van der Waals surface area (Å²) in [5.41, 5.74) is 0.366. The Morgan fingerprint density at radius 1 is 0.967 bits per heavy atom. The number of carbonyl (C=O) groups excluding carboxylic acids is 2. The first-order chi connectivity index (χ1) is 14.3. The van der Waals surface area contributed by atoms with Crippen LogP contribution in [0.5, 0.6) is 0 Å². The molecule has 2 amide bonds. The van der Waals surface area contributed by atoms with E-state index in [9.17, 15) is 14.7 Å². The van der Waals surface area contributed by atoms with Crippen molar-refractivity contribution in [2.24, 2.45) is 0 Å². The molecule has 3 N–H and O–H groups in total. The Bertz CT molecular complexity index is 708. The number of nitrogens with zero attached hydrogens (tertiary/aromatic N) is 3. The summed E-state index contributed by atoms with van der Waals surface area (Å²) in [6, 6.07) is 6.88. The minimum absolute atomic E-state index is 0.0179. The van der Waals surface area contributed by atoms with Gasteiger partial charge in [0.05, 0.1) is 5.60 Å². The van der Waals surface area contributed by atoms with Crippen molar-refractivity contribution in [2.45, 2.75) is 24.9 Å². The molecule has 2 heterocycles. The molecular weight excluding hydrogens is 382 g/mol. The number of amides is 2. The molecule has 1 aromatic carbocycles. The van der Waals surface area contributed by atoms with Gasteiger partial charge in [-0.3, -0.25) is 9.59 Å². The van der Waals surface area contributed by atoms with Crippen molar-refractivity contribution in [1.82, 2.24) is 20.0 Å². The lowest BCUT2D eigenvalue weighted by molar-refractivity contribution is -0.116. The number of likely N-dealkylation sites (tertiary alicyclic amines) is 1. The first-order valence-electron chi connectivity index (χ1n) is 10.8. The van der Waals surface area contributed by atoms with Crippen molar-refractivity contribution in [2.75, 3.05) is 71.8 Å². The molecule has 30 heavy (non-hydrogen) atoms. The lowest BCUT2D eigenvalue weighted by Crippen LogP contribution is -2.50. The van der Waals surface area contributed by atoms with Crippen molar-refractivity contribution in [3.8, 4) is 0 Å². The Hall–Kier alpha value is -2.00. The van der Waals surface area contributed by atoms with Gasteiger partial charge in [-0.05, 0) is 51.2 Å². The Labute approximate surface area is 179 Å². The highest BCUT2D eigenvalue weighted by Gasteiger charge is 2.31. The second-order valence-corrected chi connectivity index (χ2v) is 8.73. The third kappa shape index (κ3) is 6.77. The highest BCUT2D eigenvalue weighted by atomic mass is 16.3. The van der Waals surface area contributed by atoms with E-state index >= 15 is 0 Å². The van der Waals surface area contributed by atoms with Crippen LogP contribution in [0.2, 0.25) is 0 Å². The predicted molar refractivity (Wildman–Crippen MR) is 118 cm³/mol. The van der Waals surface area contributed by atoms with E-state index in [1.54, 1.807) is 24.3 Å². The number of hydrogen-bond donors (Lipinski definition) is 3. The van der Waals surface area contributed by atoms with E-state index in [1.807, 2.05) is 7.05 Å². The van der Waals surface area contributed by atoms with Gasteiger partial charge in [0, 0.05) is 70.0 Å². The fourth-order valence-corrected chi connectivity index (χ4v) is 3.82. The maximum Gasteiger partial charge on any atom is 0.251 e. The van der Waals surface area contributed by atoms with Gasteiger partial charge >= 0.3 is 0 Å². The van der Waals surface area contributed by atoms with Gasteiger partial charge in [0.15, 0.2) is 0 Å². The zero-order valence-corrected chi connectivity index (χ0v) is 18.2. The molecule has 0 aliphatic carbocycles. The molecule has 8 heteroatoms. The Kier molecular flexibility index (Phi) is 7.82. The van der Waals surface area contributed by atoms with Gasteiger partial charge in [0.1, 0.15) is 0 Å². The third-order valence-corrected chi connectivity index (χ3v) is 6.18. The van der Waals surface area contributed by atoms with Crippen LogP contribution in [0.25, 0.3) is 0 Å². The smallest absolute Gasteiger partial charge is 0.251 e. The fraction of sp³-hybridized carbons (Fsp3) is 0.636. The van der Waals surface area contributed by atoms with E-state index < -0.39 is 5.60 Å². The van der Waals surface area contributed by atoms with E-state index in [-0.39, 0.29) is 18.4 Å². The minimum atomic E-state index is -0.833. The van der Waals surface area contributed by atoms with Gasteiger partial charge in [-0.15, -0.1) is 0 Å². The number of hydrogen-bond acceptors (Lipinski definition) is 6. The molecule has 2 fully saturated rings. The molecule has 0 radical (unpaired) electrons. The molecule has 0 aromatic heterocycles. The van der Waals surface area contributed by atoms with E-state index in [4.69, 9.17) is 0 Å². The second-order valence-electron chi connectivity index (χ2n) is 8.73. The Morgan fingerprint density at radius 2 is 1.57 bits per heavy atom. The van der Waals surface area contributed by atoms with Crippen LogP contribution >= 0.6 is 0 Å². The summed E-state index contributed by atoms with van der Waals surface area (Å²) in [5.74, 6) is -0.231. The summed E-state index contributed by atoms with van der Waals surface area (Å²) in [6.45, 7) is 6.76. The van der Waals surface area contributed by atoms with Crippen molar-refractivity contribution < 1.29 is 14.7 Å². The van der Waals surface area contributed by atoms with Crippen LogP contribution in [0.1, 0.15) is 29.6 Å². The van der Waals surface area contributed by atoms with Crippen LogP contribution in [0, 0.1) is 0 Å². The van der Waals surface area contributed by atoms with Crippen molar-refractivity contribution in [3.63, 3.8) is 0 Å². The number of benzene rings is 1. The number of carbonyl (C=O) groups is 2. The first-order valence-corrected chi connectivity index (χ1v) is 10.8. The highest BCUT2D eigenvalue weighted by molar-refractivity contribution is 5.95. The number of nitrogens with one attached hydrogen (secondary N) is 2. The molecule has 8 nitrogen and oxygen atoms in total. The topological polar surface area (TPSA) is 88.1 Å². The molecule has 0 spiro atoms. The van der Waals surface area contributed by atoms with Gasteiger partial charge in [0.2, 0.25) is 5.91 Å². The molecule has 166 valence electrons. The van der Waals surface area contributed by atoms with Gasteiger partial charge in [-0.1, -0.05) is 0 Å². The number of piperidine rings is 1. The number of aliphatic hydroxyl groups is 1. The van der Waals surface area contributed by atoms with E-state index in [0.29, 0.717) is 30.5 Å². The lowest BCUT2D eigenvalue weighted by Gasteiger charge is -2.36. The summed E-state index contributed by atoms with van der Waals surface area (Å²) in [6.07, 6.45) is 1.77. The number of rotatable bonds is 7. The van der Waals surface area contributed by atoms with Gasteiger partial charge in [-0.25, -0.2) is 0 Å². The second kappa shape index (κ2) is 10.3. The fourth-order valence-electron chi connectivity index (χ4n) is 3.82. The van der Waals surface area contributed by atoms with Crippen LogP contribution in [-0.2, 0) is 4.79 Å². The summed E-state index contributed by atoms with van der Waals surface area (Å²) < 4.78 is 0. The number of piperazine rings is 1. The van der Waals surface area contributed by atoms with Gasteiger partial charge < -0.3 is 30.4 Å². The number of likely N-dealkylation sites (N-methyl/N-ethyl adjacent to an activating group) is 1. The highest BCUT2D eigenvalue weighted by Crippen LogP contribution is 2.20. The maximum atomic E-state index is 12.4. The molecule has 3 rings (SSSR count). The average Bonchev–Trinajstić information content (AvgIpc) is 2.75. The summed E-state index contributed by atoms with van der Waals surface area (Å²) in [4.78, 5) is 31.4. The zero-order chi connectivity index (χ0) is 21.6. The predicted octanol–water partition coefficient (Wildman–Crippen LogP) is 0.449. The van der Waals surface area contributed by atoms with E-state index in [2.05, 4.69) is 32.4 Å². The summed E-state index contributed by atoms with van der Waals surface area (Å²) in [7, 11) is 4.15. The van der Waals surface area contributed by atoms with Crippen LogP contribution in [0.4, 0.5) is 5.69 Å². The average molecular weight is 418 g/mol. The lowest BCUT2D eigenvalue weighted by atomic mass is 9.91. The molecule has 0 atom stereocenters. The standard InChI is InChI=1S/C22H35N5O3/c1-25-11-8-22(30,9-12-25)17-23-21(29)18-3-5-19(6-4-18)24-20(28)7-10-27-15-13-26(2)14-16-27/h3-6,30H,7-17H2,1-2H3,(H,23,29)(H,24,28). The van der Waals surface area contributed by atoms with E-state index in [0.717, 1.165) is 45.8 Å². The minimum Gasteiger partial charge on any atom is -0.388 e. The molecule has 2 aliphatic rings. The maximum absolute atomic E-state index is 12.4.